The molecule has 1 amide bonds. The molecule has 2 nitrogen and oxygen atoms in total. The third kappa shape index (κ3) is 4.92. The first-order valence-corrected chi connectivity index (χ1v) is 9.49. The van der Waals surface area contributed by atoms with E-state index in [4.69, 9.17) is 34.8 Å². The Morgan fingerprint density at radius 2 is 1.89 bits per heavy atom. The summed E-state index contributed by atoms with van der Waals surface area (Å²) in [4.78, 5) is 12.1. The summed E-state index contributed by atoms with van der Waals surface area (Å²) >= 11 is 17.9. The molecule has 140 valence electrons. The Labute approximate surface area is 172 Å². The molecule has 3 rings (SSSR count). The minimum absolute atomic E-state index is 0.256. The quantitative estimate of drug-likeness (QED) is 0.407. The Hall–Kier alpha value is -1.81. The van der Waals surface area contributed by atoms with Gasteiger partial charge in [0.05, 0.1) is 20.8 Å². The van der Waals surface area contributed by atoms with E-state index in [1.54, 1.807) is 55.5 Å². The van der Waals surface area contributed by atoms with Gasteiger partial charge in [-0.25, -0.2) is 4.39 Å². The molecule has 2 unspecified atom stereocenters. The zero-order valence-corrected chi connectivity index (χ0v) is 16.7. The van der Waals surface area contributed by atoms with E-state index >= 15 is 0 Å². The number of anilines is 1. The van der Waals surface area contributed by atoms with E-state index in [-0.39, 0.29) is 11.8 Å². The third-order valence-electron chi connectivity index (χ3n) is 4.40. The molecule has 6 heteroatoms. The topological polar surface area (TPSA) is 29.1 Å². The van der Waals surface area contributed by atoms with Crippen molar-refractivity contribution >= 4 is 46.4 Å². The Kier molecular flexibility index (Phi) is 5.95. The summed E-state index contributed by atoms with van der Waals surface area (Å²) in [5.41, 5.74) is 0.540. The van der Waals surface area contributed by atoms with Gasteiger partial charge in [0, 0.05) is 12.0 Å². The Morgan fingerprint density at radius 3 is 2.59 bits per heavy atom. The Balaban J connectivity index is 1.63. The highest BCUT2D eigenvalue weighted by atomic mass is 35.5. The molecule has 0 heterocycles. The number of nitrogens with one attached hydrogen (secondary N) is 1. The van der Waals surface area contributed by atoms with Gasteiger partial charge in [-0.15, -0.1) is 0 Å². The first-order valence-electron chi connectivity index (χ1n) is 8.35. The van der Waals surface area contributed by atoms with E-state index in [0.717, 1.165) is 5.56 Å². The first-order chi connectivity index (χ1) is 12.8. The van der Waals surface area contributed by atoms with Crippen LogP contribution in [0.1, 0.15) is 24.8 Å². The second-order valence-corrected chi connectivity index (χ2v) is 7.77. The molecule has 1 saturated carbocycles. The average molecular weight is 425 g/mol. The molecule has 0 spiro atoms. The van der Waals surface area contributed by atoms with Crippen molar-refractivity contribution in [3.63, 3.8) is 0 Å². The predicted octanol–water partition coefficient (Wildman–Crippen LogP) is 6.98. The molecular formula is C21H17Cl3FNO. The number of allylic oxidation sites excluding steroid dienone is 3. The normalized spacial score (nSPS) is 22.1. The number of hydrogen-bond acceptors (Lipinski definition) is 1. The summed E-state index contributed by atoms with van der Waals surface area (Å²) < 4.78 is 14.9. The van der Waals surface area contributed by atoms with E-state index in [0.29, 0.717) is 32.7 Å². The fourth-order valence-corrected chi connectivity index (χ4v) is 3.31. The lowest BCUT2D eigenvalue weighted by Crippen LogP contribution is -2.08. The zero-order valence-electron chi connectivity index (χ0n) is 14.5. The van der Waals surface area contributed by atoms with Crippen LogP contribution in [0, 0.1) is 0 Å². The Bertz CT molecular complexity index is 941. The van der Waals surface area contributed by atoms with Gasteiger partial charge in [-0.3, -0.25) is 4.79 Å². The highest BCUT2D eigenvalue weighted by Crippen LogP contribution is 2.56. The van der Waals surface area contributed by atoms with Crippen LogP contribution in [0.25, 0.3) is 0 Å². The number of carbonyl (C=O) groups is 1. The van der Waals surface area contributed by atoms with Gasteiger partial charge in [-0.1, -0.05) is 59.1 Å². The standard InChI is InChI=1S/C21H17Cl3FNO/c1-13(10-20(27)26-19-5-3-2-4-17(19)23)8-9-21(25)12-15(21)14-6-7-16(22)18(24)11-14/h2-11,15H,12H2,1H3,(H,26,27)/b9-8+,13-10+. The number of rotatable bonds is 5. The molecular weight excluding hydrogens is 408 g/mol. The lowest BCUT2D eigenvalue weighted by atomic mass is 10.1. The van der Waals surface area contributed by atoms with Gasteiger partial charge in [0.15, 0.2) is 0 Å². The number of hydrogen-bond donors (Lipinski definition) is 1. The minimum atomic E-state index is -1.44. The highest BCUT2D eigenvalue weighted by molar-refractivity contribution is 6.42. The molecule has 0 bridgehead atoms. The van der Waals surface area contributed by atoms with Crippen molar-refractivity contribution in [1.82, 2.24) is 0 Å². The van der Waals surface area contributed by atoms with Crippen molar-refractivity contribution in [3.05, 3.63) is 86.9 Å². The van der Waals surface area contributed by atoms with Crippen molar-refractivity contribution in [3.8, 4) is 0 Å². The number of benzene rings is 2. The number of para-hydroxylation sites is 1. The third-order valence-corrected chi connectivity index (χ3v) is 5.46. The zero-order chi connectivity index (χ0) is 19.6. The maximum absolute atomic E-state index is 14.9. The van der Waals surface area contributed by atoms with Crippen molar-refractivity contribution in [1.29, 1.82) is 0 Å². The summed E-state index contributed by atoms with van der Waals surface area (Å²) in [6.07, 6.45) is 4.89. The van der Waals surface area contributed by atoms with Crippen LogP contribution in [0.5, 0.6) is 0 Å². The van der Waals surface area contributed by atoms with Crippen LogP contribution in [0.3, 0.4) is 0 Å². The van der Waals surface area contributed by atoms with Crippen molar-refractivity contribution in [2.24, 2.45) is 0 Å². The molecule has 0 aromatic heterocycles. The number of alkyl halides is 1. The highest BCUT2D eigenvalue weighted by Gasteiger charge is 2.54. The monoisotopic (exact) mass is 423 g/mol. The fourth-order valence-electron chi connectivity index (χ4n) is 2.82. The van der Waals surface area contributed by atoms with Crippen LogP contribution in [-0.4, -0.2) is 11.6 Å². The van der Waals surface area contributed by atoms with Crippen molar-refractivity contribution in [2.45, 2.75) is 24.9 Å². The molecule has 1 N–H and O–H groups in total. The number of halogens is 4. The largest absolute Gasteiger partial charge is 0.321 e. The first kappa shape index (κ1) is 19.9. The van der Waals surface area contributed by atoms with Gasteiger partial charge in [0.1, 0.15) is 5.67 Å². The minimum Gasteiger partial charge on any atom is -0.321 e. The van der Waals surface area contributed by atoms with Gasteiger partial charge in [0.25, 0.3) is 0 Å². The van der Waals surface area contributed by atoms with Gasteiger partial charge in [-0.2, -0.15) is 0 Å². The second-order valence-electron chi connectivity index (χ2n) is 6.55. The molecule has 2 aromatic carbocycles. The van der Waals surface area contributed by atoms with Crippen LogP contribution in [0.2, 0.25) is 15.1 Å². The van der Waals surface area contributed by atoms with Crippen LogP contribution in [0.4, 0.5) is 10.1 Å². The lowest BCUT2D eigenvalue weighted by Gasteiger charge is -2.05. The summed E-state index contributed by atoms with van der Waals surface area (Å²) in [5, 5.41) is 4.02. The molecule has 27 heavy (non-hydrogen) atoms. The maximum Gasteiger partial charge on any atom is 0.248 e. The lowest BCUT2D eigenvalue weighted by molar-refractivity contribution is -0.111. The van der Waals surface area contributed by atoms with E-state index < -0.39 is 5.67 Å². The van der Waals surface area contributed by atoms with E-state index in [2.05, 4.69) is 5.32 Å². The molecule has 0 aliphatic heterocycles. The van der Waals surface area contributed by atoms with Gasteiger partial charge in [-0.05, 0) is 54.8 Å². The van der Waals surface area contributed by atoms with Crippen molar-refractivity contribution < 1.29 is 9.18 Å². The maximum atomic E-state index is 14.9. The van der Waals surface area contributed by atoms with E-state index in [1.165, 1.54) is 12.2 Å². The molecule has 0 radical (unpaired) electrons. The Morgan fingerprint density at radius 1 is 1.15 bits per heavy atom. The smallest absolute Gasteiger partial charge is 0.248 e. The van der Waals surface area contributed by atoms with E-state index in [1.807, 2.05) is 0 Å². The SMILES string of the molecule is CC(/C=C/C1(F)CC1c1ccc(Cl)c(Cl)c1)=C\C(=O)Nc1ccccc1Cl. The molecule has 1 aliphatic carbocycles. The molecule has 1 fully saturated rings. The summed E-state index contributed by atoms with van der Waals surface area (Å²) in [6.45, 7) is 1.74. The average Bonchev–Trinajstić information content (AvgIpc) is 3.30. The van der Waals surface area contributed by atoms with Gasteiger partial charge >= 0.3 is 0 Å². The predicted molar refractivity (Wildman–Crippen MR) is 111 cm³/mol. The van der Waals surface area contributed by atoms with Crippen LogP contribution >= 0.6 is 34.8 Å². The molecule has 2 aromatic rings. The van der Waals surface area contributed by atoms with Gasteiger partial charge < -0.3 is 5.32 Å². The van der Waals surface area contributed by atoms with E-state index in [9.17, 15) is 9.18 Å². The molecule has 1 aliphatic rings. The van der Waals surface area contributed by atoms with Crippen LogP contribution in [0.15, 0.2) is 66.3 Å². The molecule has 0 saturated heterocycles. The second kappa shape index (κ2) is 8.05. The summed E-state index contributed by atoms with van der Waals surface area (Å²) in [6, 6.07) is 12.1. The van der Waals surface area contributed by atoms with Crippen LogP contribution in [-0.2, 0) is 4.79 Å². The van der Waals surface area contributed by atoms with Gasteiger partial charge in [0.2, 0.25) is 5.91 Å². The molecule has 2 atom stereocenters. The fraction of sp³-hybridized carbons (Fsp3) is 0.190. The van der Waals surface area contributed by atoms with Crippen LogP contribution < -0.4 is 5.32 Å². The summed E-state index contributed by atoms with van der Waals surface area (Å²) in [5.74, 6) is -0.580. The number of carbonyl (C=O) groups excluding carboxylic acids is 1. The summed E-state index contributed by atoms with van der Waals surface area (Å²) in [7, 11) is 0. The number of amides is 1. The van der Waals surface area contributed by atoms with Crippen molar-refractivity contribution in [2.75, 3.05) is 5.32 Å².